The van der Waals surface area contributed by atoms with Crippen LogP contribution in [-0.2, 0) is 0 Å². The first kappa shape index (κ1) is 15.1. The van der Waals surface area contributed by atoms with Crippen LogP contribution in [0.1, 0.15) is 23.4 Å². The maximum Gasteiger partial charge on any atom is 0.160 e. The minimum atomic E-state index is -0.999. The fourth-order valence-electron chi connectivity index (χ4n) is 1.88. The summed E-state index contributed by atoms with van der Waals surface area (Å²) < 4.78 is 31.9. The fourth-order valence-corrected chi connectivity index (χ4v) is 2.55. The van der Waals surface area contributed by atoms with Gasteiger partial charge in [-0.25, -0.2) is 8.78 Å². The monoisotopic (exact) mass is 316 g/mol. The predicted molar refractivity (Wildman–Crippen MR) is 76.7 cm³/mol. The standard InChI is InChI=1S/C15H12Cl2F2O/c1-2-20-14-6-4-3-5-9(14)15(17)10-7-12(18)13(19)8-11(10)16/h3-8,15H,2H2,1H3. The van der Waals surface area contributed by atoms with Gasteiger partial charge in [0.15, 0.2) is 11.6 Å². The Balaban J connectivity index is 2.46. The highest BCUT2D eigenvalue weighted by atomic mass is 35.5. The van der Waals surface area contributed by atoms with E-state index >= 15 is 0 Å². The Labute approximate surface area is 126 Å². The van der Waals surface area contributed by atoms with E-state index in [-0.39, 0.29) is 5.02 Å². The zero-order valence-electron chi connectivity index (χ0n) is 10.7. The molecule has 0 amide bonds. The summed E-state index contributed by atoms with van der Waals surface area (Å²) in [6.45, 7) is 2.33. The Morgan fingerprint density at radius 2 is 1.75 bits per heavy atom. The second kappa shape index (κ2) is 6.42. The smallest absolute Gasteiger partial charge is 0.160 e. The van der Waals surface area contributed by atoms with Crippen LogP contribution >= 0.6 is 23.2 Å². The van der Waals surface area contributed by atoms with Crippen LogP contribution in [0.15, 0.2) is 36.4 Å². The van der Waals surface area contributed by atoms with E-state index in [1.165, 1.54) is 0 Å². The molecule has 0 saturated carbocycles. The molecule has 2 aromatic carbocycles. The lowest BCUT2D eigenvalue weighted by atomic mass is 10.0. The quantitative estimate of drug-likeness (QED) is 0.546. The van der Waals surface area contributed by atoms with E-state index in [0.29, 0.717) is 23.5 Å². The third kappa shape index (κ3) is 3.05. The maximum absolute atomic E-state index is 13.4. The topological polar surface area (TPSA) is 9.23 Å². The van der Waals surface area contributed by atoms with Gasteiger partial charge in [0, 0.05) is 10.6 Å². The molecule has 0 bridgehead atoms. The Morgan fingerprint density at radius 1 is 1.10 bits per heavy atom. The van der Waals surface area contributed by atoms with Gasteiger partial charge >= 0.3 is 0 Å². The Hall–Kier alpha value is -1.32. The van der Waals surface area contributed by atoms with Crippen LogP contribution in [-0.4, -0.2) is 6.61 Å². The molecule has 106 valence electrons. The van der Waals surface area contributed by atoms with E-state index in [4.69, 9.17) is 27.9 Å². The number of benzene rings is 2. The number of para-hydroxylation sites is 1. The SMILES string of the molecule is CCOc1ccccc1C(Cl)c1cc(F)c(F)cc1Cl. The largest absolute Gasteiger partial charge is 0.494 e. The lowest BCUT2D eigenvalue weighted by Gasteiger charge is -2.16. The number of halogens is 4. The molecule has 2 rings (SSSR count). The lowest BCUT2D eigenvalue weighted by molar-refractivity contribution is 0.337. The van der Waals surface area contributed by atoms with Crippen molar-refractivity contribution >= 4 is 23.2 Å². The zero-order valence-corrected chi connectivity index (χ0v) is 12.2. The molecule has 1 nitrogen and oxygen atoms in total. The number of hydrogen-bond donors (Lipinski definition) is 0. The molecule has 0 fully saturated rings. The van der Waals surface area contributed by atoms with Gasteiger partial charge in [-0.2, -0.15) is 0 Å². The van der Waals surface area contributed by atoms with Gasteiger partial charge in [0.05, 0.1) is 12.0 Å². The van der Waals surface area contributed by atoms with Crippen LogP contribution < -0.4 is 4.74 Å². The number of ether oxygens (including phenoxy) is 1. The van der Waals surface area contributed by atoms with Crippen LogP contribution in [0.2, 0.25) is 5.02 Å². The van der Waals surface area contributed by atoms with Crippen molar-refractivity contribution in [3.8, 4) is 5.75 Å². The Kier molecular flexibility index (Phi) is 4.84. The minimum Gasteiger partial charge on any atom is -0.494 e. The van der Waals surface area contributed by atoms with Crippen LogP contribution in [0.3, 0.4) is 0 Å². The molecule has 0 aliphatic rings. The minimum absolute atomic E-state index is 0.0789. The molecule has 2 aromatic rings. The van der Waals surface area contributed by atoms with E-state index in [0.717, 1.165) is 12.1 Å². The van der Waals surface area contributed by atoms with Crippen molar-refractivity contribution in [2.75, 3.05) is 6.61 Å². The molecule has 1 atom stereocenters. The predicted octanol–water partition coefficient (Wildman–Crippen LogP) is 5.35. The summed E-state index contributed by atoms with van der Waals surface area (Å²) in [6.07, 6.45) is 0. The number of rotatable bonds is 4. The van der Waals surface area contributed by atoms with Gasteiger partial charge in [0.25, 0.3) is 0 Å². The molecule has 0 saturated heterocycles. The van der Waals surface area contributed by atoms with Crippen molar-refractivity contribution in [3.05, 3.63) is 64.2 Å². The van der Waals surface area contributed by atoms with E-state index in [9.17, 15) is 8.78 Å². The van der Waals surface area contributed by atoms with Gasteiger partial charge in [-0.1, -0.05) is 29.8 Å². The first-order valence-electron chi connectivity index (χ1n) is 6.04. The molecular formula is C15H12Cl2F2O. The molecule has 0 aliphatic heterocycles. The summed E-state index contributed by atoms with van der Waals surface area (Å²) in [5.74, 6) is -1.39. The number of alkyl halides is 1. The van der Waals surface area contributed by atoms with E-state index in [2.05, 4.69) is 0 Å². The van der Waals surface area contributed by atoms with Crippen molar-refractivity contribution in [1.29, 1.82) is 0 Å². The van der Waals surface area contributed by atoms with E-state index in [1.807, 2.05) is 13.0 Å². The second-order valence-corrected chi connectivity index (χ2v) is 4.96. The van der Waals surface area contributed by atoms with Gasteiger partial charge in [0.2, 0.25) is 0 Å². The molecule has 20 heavy (non-hydrogen) atoms. The Morgan fingerprint density at radius 3 is 2.45 bits per heavy atom. The fraction of sp³-hybridized carbons (Fsp3) is 0.200. The summed E-state index contributed by atoms with van der Waals surface area (Å²) in [5.41, 5.74) is 0.961. The molecule has 0 spiro atoms. The molecule has 0 radical (unpaired) electrons. The van der Waals surface area contributed by atoms with Gasteiger partial charge in [-0.3, -0.25) is 0 Å². The summed E-state index contributed by atoms with van der Waals surface area (Å²) in [7, 11) is 0. The average molecular weight is 317 g/mol. The molecule has 0 aromatic heterocycles. The van der Waals surface area contributed by atoms with Gasteiger partial charge in [0.1, 0.15) is 5.75 Å². The molecular weight excluding hydrogens is 305 g/mol. The first-order valence-corrected chi connectivity index (χ1v) is 6.86. The van der Waals surface area contributed by atoms with Crippen LogP contribution in [0.25, 0.3) is 0 Å². The third-order valence-electron chi connectivity index (χ3n) is 2.80. The van der Waals surface area contributed by atoms with E-state index in [1.54, 1.807) is 18.2 Å². The molecule has 0 heterocycles. The summed E-state index contributed by atoms with van der Waals surface area (Å²) >= 11 is 12.3. The van der Waals surface area contributed by atoms with Gasteiger partial charge in [-0.05, 0) is 30.7 Å². The maximum atomic E-state index is 13.4. The Bertz CT molecular complexity index is 617. The normalized spacial score (nSPS) is 12.2. The van der Waals surface area contributed by atoms with Crippen LogP contribution in [0.4, 0.5) is 8.78 Å². The van der Waals surface area contributed by atoms with Crippen molar-refractivity contribution < 1.29 is 13.5 Å². The first-order chi connectivity index (χ1) is 9.54. The zero-order chi connectivity index (χ0) is 14.7. The van der Waals surface area contributed by atoms with Crippen molar-refractivity contribution in [2.24, 2.45) is 0 Å². The third-order valence-corrected chi connectivity index (χ3v) is 3.60. The highest BCUT2D eigenvalue weighted by Gasteiger charge is 2.20. The highest BCUT2D eigenvalue weighted by Crippen LogP contribution is 2.38. The molecule has 0 N–H and O–H groups in total. The second-order valence-electron chi connectivity index (χ2n) is 4.12. The van der Waals surface area contributed by atoms with Gasteiger partial charge in [-0.15, -0.1) is 11.6 Å². The van der Waals surface area contributed by atoms with Crippen molar-refractivity contribution in [2.45, 2.75) is 12.3 Å². The van der Waals surface area contributed by atoms with E-state index < -0.39 is 17.0 Å². The molecule has 5 heteroatoms. The average Bonchev–Trinajstić information content (AvgIpc) is 2.43. The lowest BCUT2D eigenvalue weighted by Crippen LogP contribution is -2.01. The van der Waals surface area contributed by atoms with Crippen LogP contribution in [0.5, 0.6) is 5.75 Å². The highest BCUT2D eigenvalue weighted by molar-refractivity contribution is 6.33. The van der Waals surface area contributed by atoms with Crippen LogP contribution in [0, 0.1) is 11.6 Å². The molecule has 0 aliphatic carbocycles. The summed E-state index contributed by atoms with van der Waals surface area (Å²) in [5, 5.41) is -0.643. The van der Waals surface area contributed by atoms with Gasteiger partial charge < -0.3 is 4.74 Å². The van der Waals surface area contributed by atoms with Crippen molar-refractivity contribution in [3.63, 3.8) is 0 Å². The molecule has 1 unspecified atom stereocenters. The van der Waals surface area contributed by atoms with Crippen molar-refractivity contribution in [1.82, 2.24) is 0 Å². The summed E-state index contributed by atoms with van der Waals surface area (Å²) in [4.78, 5) is 0. The number of hydrogen-bond acceptors (Lipinski definition) is 1. The summed E-state index contributed by atoms with van der Waals surface area (Å²) in [6, 6.07) is 9.07.